The molecule has 0 saturated heterocycles. The van der Waals surface area contributed by atoms with E-state index in [9.17, 15) is 4.79 Å². The topological polar surface area (TPSA) is 38.3 Å². The largest absolute Gasteiger partial charge is 0.469 e. The number of carbonyl (C=O) groups is 1. The lowest BCUT2D eigenvalue weighted by atomic mass is 10.2. The molecule has 1 aromatic rings. The molecule has 1 rings (SSSR count). The van der Waals surface area contributed by atoms with E-state index in [1.807, 2.05) is 12.1 Å². The highest BCUT2D eigenvalue weighted by molar-refractivity contribution is 6.42. The minimum absolute atomic E-state index is 0.232. The maximum Gasteiger partial charge on any atom is 0.306 e. The fourth-order valence-corrected chi connectivity index (χ4v) is 1.59. The van der Waals surface area contributed by atoms with Gasteiger partial charge in [0.15, 0.2) is 0 Å². The summed E-state index contributed by atoms with van der Waals surface area (Å²) in [5.41, 5.74) is 0.916. The van der Waals surface area contributed by atoms with E-state index in [2.05, 4.69) is 10.1 Å². The molecule has 0 aliphatic heterocycles. The average Bonchev–Trinajstić information content (AvgIpc) is 2.29. The number of esters is 1. The number of rotatable bonds is 5. The fraction of sp³-hybridized carbons (Fsp3) is 0.364. The van der Waals surface area contributed by atoms with Crippen molar-refractivity contribution < 1.29 is 9.53 Å². The van der Waals surface area contributed by atoms with Crippen molar-refractivity contribution in [2.24, 2.45) is 0 Å². The van der Waals surface area contributed by atoms with Crippen molar-refractivity contribution in [1.29, 1.82) is 0 Å². The van der Waals surface area contributed by atoms with Crippen molar-refractivity contribution in [1.82, 2.24) is 5.32 Å². The van der Waals surface area contributed by atoms with Crippen LogP contribution in [0.25, 0.3) is 0 Å². The van der Waals surface area contributed by atoms with E-state index in [4.69, 9.17) is 23.2 Å². The highest BCUT2D eigenvalue weighted by Crippen LogP contribution is 2.25. The van der Waals surface area contributed by atoms with E-state index in [1.165, 1.54) is 7.11 Å². The molecule has 0 aliphatic rings. The lowest BCUT2D eigenvalue weighted by Crippen LogP contribution is -2.18. The SMILES string of the molecule is COC(=O)CCNCc1cccc(Cl)c1Cl. The number of ether oxygens (including phenoxy) is 1. The van der Waals surface area contributed by atoms with Crippen LogP contribution in [0, 0.1) is 0 Å². The molecular weight excluding hydrogens is 249 g/mol. The molecule has 0 spiro atoms. The minimum Gasteiger partial charge on any atom is -0.469 e. The predicted molar refractivity (Wildman–Crippen MR) is 64.8 cm³/mol. The Bertz CT molecular complexity index is 369. The number of hydrogen-bond donors (Lipinski definition) is 1. The van der Waals surface area contributed by atoms with Gasteiger partial charge in [0.05, 0.1) is 23.6 Å². The van der Waals surface area contributed by atoms with Crippen LogP contribution in [0.2, 0.25) is 10.0 Å². The Morgan fingerprint density at radius 3 is 2.88 bits per heavy atom. The van der Waals surface area contributed by atoms with Crippen molar-refractivity contribution in [2.75, 3.05) is 13.7 Å². The summed E-state index contributed by atoms with van der Waals surface area (Å²) in [4.78, 5) is 10.8. The quantitative estimate of drug-likeness (QED) is 0.654. The van der Waals surface area contributed by atoms with Crippen LogP contribution >= 0.6 is 23.2 Å². The summed E-state index contributed by atoms with van der Waals surface area (Å²) in [6, 6.07) is 5.47. The van der Waals surface area contributed by atoms with Gasteiger partial charge in [-0.1, -0.05) is 35.3 Å². The molecule has 1 aromatic carbocycles. The van der Waals surface area contributed by atoms with Gasteiger partial charge < -0.3 is 10.1 Å². The van der Waals surface area contributed by atoms with E-state index in [0.29, 0.717) is 29.6 Å². The van der Waals surface area contributed by atoms with Crippen LogP contribution in [-0.2, 0) is 16.1 Å². The molecular formula is C11H13Cl2NO2. The van der Waals surface area contributed by atoms with Crippen LogP contribution in [0.4, 0.5) is 0 Å². The summed E-state index contributed by atoms with van der Waals surface area (Å²) in [6.07, 6.45) is 0.342. The molecule has 5 heteroatoms. The molecule has 0 amide bonds. The van der Waals surface area contributed by atoms with E-state index in [1.54, 1.807) is 6.07 Å². The molecule has 0 unspecified atom stereocenters. The first-order valence-corrected chi connectivity index (χ1v) is 5.61. The molecule has 0 radical (unpaired) electrons. The molecule has 0 saturated carbocycles. The highest BCUT2D eigenvalue weighted by Gasteiger charge is 2.04. The molecule has 88 valence electrons. The van der Waals surface area contributed by atoms with Gasteiger partial charge in [0.1, 0.15) is 0 Å². The number of halogens is 2. The van der Waals surface area contributed by atoms with Crippen molar-refractivity contribution in [3.8, 4) is 0 Å². The van der Waals surface area contributed by atoms with Crippen LogP contribution in [0.5, 0.6) is 0 Å². The van der Waals surface area contributed by atoms with Gasteiger partial charge in [-0.25, -0.2) is 0 Å². The average molecular weight is 262 g/mol. The maximum atomic E-state index is 10.8. The lowest BCUT2D eigenvalue weighted by Gasteiger charge is -2.07. The van der Waals surface area contributed by atoms with Crippen molar-refractivity contribution in [2.45, 2.75) is 13.0 Å². The lowest BCUT2D eigenvalue weighted by molar-refractivity contribution is -0.140. The van der Waals surface area contributed by atoms with Crippen LogP contribution in [0.1, 0.15) is 12.0 Å². The van der Waals surface area contributed by atoms with Crippen molar-refractivity contribution in [3.05, 3.63) is 33.8 Å². The zero-order valence-electron chi connectivity index (χ0n) is 8.93. The Kier molecular flexibility index (Phi) is 5.60. The van der Waals surface area contributed by atoms with Crippen LogP contribution < -0.4 is 5.32 Å². The second-order valence-corrected chi connectivity index (χ2v) is 4.00. The van der Waals surface area contributed by atoms with E-state index in [-0.39, 0.29) is 5.97 Å². The molecule has 0 aromatic heterocycles. The summed E-state index contributed by atoms with van der Waals surface area (Å²) in [6.45, 7) is 1.13. The first-order valence-electron chi connectivity index (χ1n) is 4.85. The predicted octanol–water partition coefficient (Wildman–Crippen LogP) is 2.65. The molecule has 3 nitrogen and oxygen atoms in total. The smallest absolute Gasteiger partial charge is 0.306 e. The Morgan fingerprint density at radius 1 is 1.44 bits per heavy atom. The second-order valence-electron chi connectivity index (χ2n) is 3.22. The van der Waals surface area contributed by atoms with Crippen LogP contribution in [0.3, 0.4) is 0 Å². The summed E-state index contributed by atoms with van der Waals surface area (Å²) < 4.78 is 4.52. The number of benzene rings is 1. The van der Waals surface area contributed by atoms with Crippen molar-refractivity contribution in [3.63, 3.8) is 0 Å². The van der Waals surface area contributed by atoms with Crippen LogP contribution in [-0.4, -0.2) is 19.6 Å². The minimum atomic E-state index is -0.232. The first kappa shape index (κ1) is 13.3. The Balaban J connectivity index is 2.38. The van der Waals surface area contributed by atoms with E-state index < -0.39 is 0 Å². The summed E-state index contributed by atoms with van der Waals surface area (Å²) in [5.74, 6) is -0.232. The van der Waals surface area contributed by atoms with Gasteiger partial charge in [0, 0.05) is 13.1 Å². The van der Waals surface area contributed by atoms with Gasteiger partial charge in [-0.2, -0.15) is 0 Å². The third-order valence-electron chi connectivity index (χ3n) is 2.08. The molecule has 0 aliphatic carbocycles. The highest BCUT2D eigenvalue weighted by atomic mass is 35.5. The monoisotopic (exact) mass is 261 g/mol. The number of methoxy groups -OCH3 is 1. The van der Waals surface area contributed by atoms with E-state index in [0.717, 1.165) is 5.56 Å². The summed E-state index contributed by atoms with van der Waals surface area (Å²) in [5, 5.41) is 4.18. The van der Waals surface area contributed by atoms with Gasteiger partial charge in [-0.15, -0.1) is 0 Å². The maximum absolute atomic E-state index is 10.8. The standard InChI is InChI=1S/C11H13Cl2NO2/c1-16-10(15)5-6-14-7-8-3-2-4-9(12)11(8)13/h2-4,14H,5-7H2,1H3. The van der Waals surface area contributed by atoms with Crippen molar-refractivity contribution >= 4 is 29.2 Å². The molecule has 0 heterocycles. The third kappa shape index (κ3) is 4.00. The van der Waals surface area contributed by atoms with Gasteiger partial charge in [-0.05, 0) is 11.6 Å². The van der Waals surface area contributed by atoms with Gasteiger partial charge in [0.2, 0.25) is 0 Å². The second kappa shape index (κ2) is 6.74. The first-order chi connectivity index (χ1) is 7.65. The number of carbonyl (C=O) groups excluding carboxylic acids is 1. The summed E-state index contributed by atoms with van der Waals surface area (Å²) in [7, 11) is 1.37. The zero-order chi connectivity index (χ0) is 12.0. The fourth-order valence-electron chi connectivity index (χ4n) is 1.20. The Labute approximate surface area is 105 Å². The normalized spacial score (nSPS) is 10.2. The molecule has 0 atom stereocenters. The molecule has 16 heavy (non-hydrogen) atoms. The van der Waals surface area contributed by atoms with Gasteiger partial charge in [-0.3, -0.25) is 4.79 Å². The van der Waals surface area contributed by atoms with Gasteiger partial charge in [0.25, 0.3) is 0 Å². The van der Waals surface area contributed by atoms with Crippen LogP contribution in [0.15, 0.2) is 18.2 Å². The number of hydrogen-bond acceptors (Lipinski definition) is 3. The van der Waals surface area contributed by atoms with E-state index >= 15 is 0 Å². The Morgan fingerprint density at radius 2 is 2.19 bits per heavy atom. The Hall–Kier alpha value is -0.770. The zero-order valence-corrected chi connectivity index (χ0v) is 10.4. The molecule has 1 N–H and O–H groups in total. The molecule has 0 bridgehead atoms. The number of nitrogens with one attached hydrogen (secondary N) is 1. The third-order valence-corrected chi connectivity index (χ3v) is 2.94. The summed E-state index contributed by atoms with van der Waals surface area (Å²) >= 11 is 11.9. The van der Waals surface area contributed by atoms with Gasteiger partial charge >= 0.3 is 5.97 Å². The molecule has 0 fully saturated rings.